The van der Waals surface area contributed by atoms with E-state index >= 15 is 0 Å². The van der Waals surface area contributed by atoms with Crippen molar-refractivity contribution in [2.75, 3.05) is 11.9 Å². The molecule has 0 unspecified atom stereocenters. The van der Waals surface area contributed by atoms with Gasteiger partial charge in [-0.25, -0.2) is 0 Å². The molecule has 0 saturated heterocycles. The predicted molar refractivity (Wildman–Crippen MR) is 124 cm³/mol. The molecule has 0 bridgehead atoms. The van der Waals surface area contributed by atoms with Gasteiger partial charge in [-0.05, 0) is 47.2 Å². The number of nitrogens with one attached hydrogen (secondary N) is 1. The molecule has 0 spiro atoms. The average Bonchev–Trinajstić information content (AvgIpc) is 3.26. The van der Waals surface area contributed by atoms with Gasteiger partial charge in [-0.15, -0.1) is 11.3 Å². The van der Waals surface area contributed by atoms with E-state index in [9.17, 15) is 14.7 Å². The van der Waals surface area contributed by atoms with E-state index in [1.807, 2.05) is 40.6 Å². The van der Waals surface area contributed by atoms with Gasteiger partial charge in [-0.3, -0.25) is 9.59 Å². The van der Waals surface area contributed by atoms with Crippen LogP contribution in [0.2, 0.25) is 5.02 Å². The van der Waals surface area contributed by atoms with Crippen molar-refractivity contribution in [3.05, 3.63) is 81.0 Å². The van der Waals surface area contributed by atoms with Gasteiger partial charge < -0.3 is 15.3 Å². The van der Waals surface area contributed by atoms with E-state index in [1.54, 1.807) is 23.5 Å². The van der Waals surface area contributed by atoms with Crippen LogP contribution in [-0.4, -0.2) is 28.4 Å². The second-order valence-corrected chi connectivity index (χ2v) is 9.42. The van der Waals surface area contributed by atoms with E-state index in [0.717, 1.165) is 4.88 Å². The Morgan fingerprint density at radius 3 is 2.65 bits per heavy atom. The van der Waals surface area contributed by atoms with Gasteiger partial charge in [0.05, 0.1) is 17.0 Å². The maximum atomic E-state index is 13.6. The Bertz CT molecular complexity index is 1110. The van der Waals surface area contributed by atoms with Crippen LogP contribution in [0.15, 0.2) is 60.0 Å². The van der Waals surface area contributed by atoms with Crippen molar-refractivity contribution in [2.24, 2.45) is 5.92 Å². The lowest BCUT2D eigenvalue weighted by atomic mass is 9.81. The summed E-state index contributed by atoms with van der Waals surface area (Å²) in [6, 6.07) is 15.4. The maximum Gasteiger partial charge on any atom is 0.254 e. The highest BCUT2D eigenvalue weighted by Crippen LogP contribution is 2.45. The molecule has 0 aliphatic carbocycles. The first kappa shape index (κ1) is 21.4. The number of phenols is 1. The van der Waals surface area contributed by atoms with Crippen molar-refractivity contribution < 1.29 is 14.7 Å². The molecule has 2 heterocycles. The largest absolute Gasteiger partial charge is 0.506 e. The second-order valence-electron chi connectivity index (χ2n) is 8.03. The van der Waals surface area contributed by atoms with Crippen LogP contribution >= 0.6 is 22.9 Å². The lowest BCUT2D eigenvalue weighted by molar-refractivity contribution is -0.119. The van der Waals surface area contributed by atoms with Crippen LogP contribution in [-0.2, 0) is 4.79 Å². The number of benzene rings is 2. The number of hydrogen-bond acceptors (Lipinski definition) is 4. The van der Waals surface area contributed by atoms with Gasteiger partial charge in [0.1, 0.15) is 5.75 Å². The number of fused-ring (bicyclic) bond motifs is 1. The minimum atomic E-state index is -0.584. The number of halogens is 1. The number of thiophene rings is 1. The Morgan fingerprint density at radius 2 is 1.97 bits per heavy atom. The van der Waals surface area contributed by atoms with Crippen molar-refractivity contribution in [2.45, 2.75) is 25.8 Å². The summed E-state index contributed by atoms with van der Waals surface area (Å²) in [5, 5.41) is 14.7. The van der Waals surface area contributed by atoms with Crippen molar-refractivity contribution >= 4 is 40.4 Å². The molecule has 31 heavy (non-hydrogen) atoms. The molecule has 2 amide bonds. The monoisotopic (exact) mass is 454 g/mol. The number of hydrogen-bond donors (Lipinski definition) is 2. The highest BCUT2D eigenvalue weighted by atomic mass is 35.5. The fourth-order valence-corrected chi connectivity index (χ4v) is 5.11. The van der Waals surface area contributed by atoms with E-state index in [0.29, 0.717) is 23.4 Å². The molecule has 0 fully saturated rings. The molecule has 2 atom stereocenters. The number of rotatable bonds is 5. The minimum Gasteiger partial charge on any atom is -0.506 e. The number of amides is 2. The Hall–Kier alpha value is -2.83. The molecule has 5 nitrogen and oxygen atoms in total. The highest BCUT2D eigenvalue weighted by molar-refractivity contribution is 7.10. The number of aromatic hydroxyl groups is 1. The molecule has 160 valence electrons. The molecule has 2 aromatic carbocycles. The van der Waals surface area contributed by atoms with Crippen molar-refractivity contribution in [1.82, 2.24) is 4.90 Å². The third kappa shape index (κ3) is 4.18. The Labute approximate surface area is 190 Å². The van der Waals surface area contributed by atoms with Gasteiger partial charge in [0.2, 0.25) is 5.91 Å². The van der Waals surface area contributed by atoms with Gasteiger partial charge in [0, 0.05) is 22.7 Å². The van der Waals surface area contributed by atoms with Crippen LogP contribution in [0.25, 0.3) is 0 Å². The zero-order chi connectivity index (χ0) is 22.1. The number of anilines is 1. The zero-order valence-corrected chi connectivity index (χ0v) is 18.8. The maximum absolute atomic E-state index is 13.6. The summed E-state index contributed by atoms with van der Waals surface area (Å²) >= 11 is 7.56. The summed E-state index contributed by atoms with van der Waals surface area (Å²) in [4.78, 5) is 29.8. The van der Waals surface area contributed by atoms with E-state index in [-0.39, 0.29) is 28.5 Å². The lowest BCUT2D eigenvalue weighted by Gasteiger charge is -2.42. The van der Waals surface area contributed by atoms with Crippen LogP contribution in [0.4, 0.5) is 5.69 Å². The van der Waals surface area contributed by atoms with E-state index in [1.165, 1.54) is 12.1 Å². The predicted octanol–water partition coefficient (Wildman–Crippen LogP) is 5.68. The van der Waals surface area contributed by atoms with E-state index < -0.39 is 12.0 Å². The SMILES string of the molecule is CC(C)CN1C(=O)c2ccccc2[C@H](C(=O)Nc2ccc(O)c(Cl)c2)[C@H]1c1cccs1. The minimum absolute atomic E-state index is 0.0483. The van der Waals surface area contributed by atoms with E-state index in [4.69, 9.17) is 11.6 Å². The fraction of sp³-hybridized carbons (Fsp3) is 0.250. The summed E-state index contributed by atoms with van der Waals surface area (Å²) in [5.41, 5.74) is 1.76. The van der Waals surface area contributed by atoms with Crippen LogP contribution in [0.3, 0.4) is 0 Å². The molecule has 4 rings (SSSR count). The number of nitrogens with zero attached hydrogens (tertiary/aromatic N) is 1. The average molecular weight is 455 g/mol. The summed E-state index contributed by atoms with van der Waals surface area (Å²) in [5.74, 6) is -0.670. The lowest BCUT2D eigenvalue weighted by Crippen LogP contribution is -2.47. The van der Waals surface area contributed by atoms with Crippen LogP contribution in [0, 0.1) is 5.92 Å². The third-order valence-electron chi connectivity index (χ3n) is 5.33. The van der Waals surface area contributed by atoms with Crippen molar-refractivity contribution in [1.29, 1.82) is 0 Å². The Balaban J connectivity index is 1.81. The molecule has 1 aliphatic rings. The molecule has 0 saturated carbocycles. The molecular formula is C24H23ClN2O3S. The molecule has 7 heteroatoms. The van der Waals surface area contributed by atoms with Crippen molar-refractivity contribution in [3.8, 4) is 5.75 Å². The summed E-state index contributed by atoms with van der Waals surface area (Å²) < 4.78 is 0. The van der Waals surface area contributed by atoms with Gasteiger partial charge in [0.25, 0.3) is 5.91 Å². The highest BCUT2D eigenvalue weighted by Gasteiger charge is 2.44. The Kier molecular flexibility index (Phi) is 6.03. The van der Waals surface area contributed by atoms with Gasteiger partial charge in [0.15, 0.2) is 0 Å². The number of carbonyl (C=O) groups excluding carboxylic acids is 2. The molecular weight excluding hydrogens is 432 g/mol. The van der Waals surface area contributed by atoms with Gasteiger partial charge in [-0.1, -0.05) is 49.7 Å². The third-order valence-corrected chi connectivity index (χ3v) is 6.58. The quantitative estimate of drug-likeness (QED) is 0.487. The molecule has 3 aromatic rings. The van der Waals surface area contributed by atoms with Gasteiger partial charge >= 0.3 is 0 Å². The number of carbonyl (C=O) groups is 2. The first-order chi connectivity index (χ1) is 14.9. The zero-order valence-electron chi connectivity index (χ0n) is 17.2. The van der Waals surface area contributed by atoms with Crippen molar-refractivity contribution in [3.63, 3.8) is 0 Å². The van der Waals surface area contributed by atoms with Crippen LogP contribution in [0.1, 0.15) is 46.6 Å². The summed E-state index contributed by atoms with van der Waals surface area (Å²) in [6.07, 6.45) is 0. The van der Waals surface area contributed by atoms with Crippen LogP contribution < -0.4 is 5.32 Å². The molecule has 2 N–H and O–H groups in total. The first-order valence-corrected chi connectivity index (χ1v) is 11.3. The molecule has 0 radical (unpaired) electrons. The van der Waals surface area contributed by atoms with Gasteiger partial charge in [-0.2, -0.15) is 0 Å². The smallest absolute Gasteiger partial charge is 0.254 e. The topological polar surface area (TPSA) is 69.6 Å². The first-order valence-electron chi connectivity index (χ1n) is 10.1. The summed E-state index contributed by atoms with van der Waals surface area (Å²) in [7, 11) is 0. The van der Waals surface area contributed by atoms with E-state index in [2.05, 4.69) is 19.2 Å². The molecule has 1 aromatic heterocycles. The van der Waals surface area contributed by atoms with Crippen LogP contribution in [0.5, 0.6) is 5.75 Å². The summed E-state index contributed by atoms with van der Waals surface area (Å²) in [6.45, 7) is 4.67. The molecule has 1 aliphatic heterocycles. The second kappa shape index (κ2) is 8.73. The normalized spacial score (nSPS) is 18.2. The number of phenolic OH excluding ortho intramolecular Hbond substituents is 1. The fourth-order valence-electron chi connectivity index (χ4n) is 4.05. The Morgan fingerprint density at radius 1 is 1.19 bits per heavy atom. The standard InChI is InChI=1S/C24H23ClN2O3S/c1-14(2)13-27-22(20-8-5-11-31-20)21(16-6-3-4-7-17(16)24(27)30)23(29)26-15-9-10-19(28)18(25)12-15/h3-12,14,21-22,28H,13H2,1-2H3,(H,26,29)/t21-,22+/m0/s1.